The predicted octanol–water partition coefficient (Wildman–Crippen LogP) is 3.65. The summed E-state index contributed by atoms with van der Waals surface area (Å²) in [5.41, 5.74) is 0.850. The fraction of sp³-hybridized carbons (Fsp3) is 0.591. The normalized spacial score (nSPS) is 21.5. The largest absolute Gasteiger partial charge is 0.573 e. The number of piperidine rings is 1. The summed E-state index contributed by atoms with van der Waals surface area (Å²) in [4.78, 5) is 16.9. The molecule has 1 aromatic heterocycles. The molecule has 2 fully saturated rings. The Labute approximate surface area is 199 Å². The number of carbonyl (C=O) groups is 1. The van der Waals surface area contributed by atoms with Crippen molar-refractivity contribution in [2.45, 2.75) is 31.0 Å². The van der Waals surface area contributed by atoms with E-state index in [4.69, 9.17) is 9.47 Å². The first-order valence-electron chi connectivity index (χ1n) is 11.1. The zero-order chi connectivity index (χ0) is 24.1. The van der Waals surface area contributed by atoms with Gasteiger partial charge in [0.1, 0.15) is 15.8 Å². The molecule has 186 valence electrons. The SMILES string of the molecule is COCCc1nnc(C2CC(c3ccc(OC(F)(F)F)cc3)CN(C(=O)N3CCOCC3)C2)s1. The number of ether oxygens (including phenoxy) is 3. The zero-order valence-corrected chi connectivity index (χ0v) is 19.6. The van der Waals surface area contributed by atoms with Gasteiger partial charge in [-0.2, -0.15) is 0 Å². The molecular weight excluding hydrogens is 473 g/mol. The molecule has 8 nitrogen and oxygen atoms in total. The van der Waals surface area contributed by atoms with Gasteiger partial charge in [0.05, 0.1) is 19.8 Å². The molecular formula is C22H27F3N4O4S. The molecule has 0 bridgehead atoms. The lowest BCUT2D eigenvalue weighted by Gasteiger charge is -2.40. The minimum atomic E-state index is -4.74. The predicted molar refractivity (Wildman–Crippen MR) is 118 cm³/mol. The molecule has 4 rings (SSSR count). The molecule has 34 heavy (non-hydrogen) atoms. The topological polar surface area (TPSA) is 77.0 Å². The van der Waals surface area contributed by atoms with Crippen LogP contribution in [-0.2, 0) is 15.9 Å². The Morgan fingerprint density at radius 3 is 2.50 bits per heavy atom. The lowest BCUT2D eigenvalue weighted by Crippen LogP contribution is -2.52. The average Bonchev–Trinajstić information content (AvgIpc) is 3.31. The van der Waals surface area contributed by atoms with E-state index in [0.717, 1.165) is 15.6 Å². The quantitative estimate of drug-likeness (QED) is 0.603. The number of amides is 2. The van der Waals surface area contributed by atoms with Crippen molar-refractivity contribution in [2.24, 2.45) is 0 Å². The minimum absolute atomic E-state index is 0.0244. The number of rotatable bonds is 6. The fourth-order valence-corrected chi connectivity index (χ4v) is 5.22. The third-order valence-electron chi connectivity index (χ3n) is 5.94. The summed E-state index contributed by atoms with van der Waals surface area (Å²) in [6.45, 7) is 3.62. The Morgan fingerprint density at radius 1 is 1.12 bits per heavy atom. The summed E-state index contributed by atoms with van der Waals surface area (Å²) in [7, 11) is 1.63. The first-order valence-corrected chi connectivity index (χ1v) is 11.9. The highest BCUT2D eigenvalue weighted by Gasteiger charge is 2.36. The maximum Gasteiger partial charge on any atom is 0.573 e. The highest BCUT2D eigenvalue weighted by Crippen LogP contribution is 2.38. The first kappa shape index (κ1) is 24.7. The van der Waals surface area contributed by atoms with Crippen molar-refractivity contribution >= 4 is 17.4 Å². The fourth-order valence-electron chi connectivity index (χ4n) is 4.29. The molecule has 0 saturated carbocycles. The van der Waals surface area contributed by atoms with Crippen LogP contribution in [0.1, 0.15) is 33.8 Å². The molecule has 2 aliphatic rings. The van der Waals surface area contributed by atoms with Crippen LogP contribution in [0.15, 0.2) is 24.3 Å². The summed E-state index contributed by atoms with van der Waals surface area (Å²) in [6.07, 6.45) is -3.36. The van der Waals surface area contributed by atoms with Gasteiger partial charge in [-0.3, -0.25) is 0 Å². The van der Waals surface area contributed by atoms with E-state index < -0.39 is 6.36 Å². The maximum absolute atomic E-state index is 13.3. The van der Waals surface area contributed by atoms with E-state index in [2.05, 4.69) is 14.9 Å². The lowest BCUT2D eigenvalue weighted by atomic mass is 9.85. The Balaban J connectivity index is 1.54. The molecule has 0 N–H and O–H groups in total. The van der Waals surface area contributed by atoms with Crippen LogP contribution in [0.2, 0.25) is 0 Å². The Morgan fingerprint density at radius 2 is 1.82 bits per heavy atom. The number of carbonyl (C=O) groups excluding carboxylic acids is 1. The van der Waals surface area contributed by atoms with Crippen LogP contribution in [0.5, 0.6) is 5.75 Å². The van der Waals surface area contributed by atoms with Crippen molar-refractivity contribution in [3.05, 3.63) is 39.8 Å². The van der Waals surface area contributed by atoms with Gasteiger partial charge < -0.3 is 24.0 Å². The second kappa shape index (κ2) is 10.9. The molecule has 2 unspecified atom stereocenters. The summed E-state index contributed by atoms with van der Waals surface area (Å²) < 4.78 is 52.1. The highest BCUT2D eigenvalue weighted by atomic mass is 32.1. The van der Waals surface area contributed by atoms with Crippen LogP contribution >= 0.6 is 11.3 Å². The Kier molecular flexibility index (Phi) is 7.89. The van der Waals surface area contributed by atoms with Crippen LogP contribution < -0.4 is 4.74 Å². The van der Waals surface area contributed by atoms with Gasteiger partial charge in [0.2, 0.25) is 0 Å². The number of hydrogen-bond acceptors (Lipinski definition) is 7. The number of hydrogen-bond donors (Lipinski definition) is 0. The number of aromatic nitrogens is 2. The van der Waals surface area contributed by atoms with Crippen molar-refractivity contribution < 1.29 is 32.2 Å². The zero-order valence-electron chi connectivity index (χ0n) is 18.8. The third-order valence-corrected chi connectivity index (χ3v) is 7.09. The number of benzene rings is 1. The number of alkyl halides is 3. The van der Waals surface area contributed by atoms with Crippen molar-refractivity contribution in [3.8, 4) is 5.75 Å². The number of morpholine rings is 1. The second-order valence-electron chi connectivity index (χ2n) is 8.31. The lowest BCUT2D eigenvalue weighted by molar-refractivity contribution is -0.274. The van der Waals surface area contributed by atoms with Crippen LogP contribution in [0, 0.1) is 0 Å². The maximum atomic E-state index is 13.3. The van der Waals surface area contributed by atoms with E-state index in [1.165, 1.54) is 23.5 Å². The van der Waals surface area contributed by atoms with Gasteiger partial charge in [0.15, 0.2) is 0 Å². The van der Waals surface area contributed by atoms with E-state index in [-0.39, 0.29) is 23.6 Å². The molecule has 1 aromatic carbocycles. The molecule has 2 saturated heterocycles. The van der Waals surface area contributed by atoms with Gasteiger partial charge in [0.25, 0.3) is 0 Å². The van der Waals surface area contributed by atoms with Crippen LogP contribution in [0.25, 0.3) is 0 Å². The second-order valence-corrected chi connectivity index (χ2v) is 9.40. The van der Waals surface area contributed by atoms with Crippen LogP contribution in [-0.4, -0.2) is 85.5 Å². The molecule has 0 spiro atoms. The van der Waals surface area contributed by atoms with Gasteiger partial charge >= 0.3 is 12.4 Å². The molecule has 12 heteroatoms. The van der Waals surface area contributed by atoms with Gasteiger partial charge in [0, 0.05) is 51.5 Å². The van der Waals surface area contributed by atoms with E-state index in [9.17, 15) is 18.0 Å². The molecule has 2 atom stereocenters. The molecule has 0 radical (unpaired) electrons. The molecule has 2 aromatic rings. The number of likely N-dealkylation sites (tertiary alicyclic amines) is 1. The number of methoxy groups -OCH3 is 1. The molecule has 2 aliphatic heterocycles. The first-order chi connectivity index (χ1) is 16.3. The number of urea groups is 1. The monoisotopic (exact) mass is 500 g/mol. The summed E-state index contributed by atoms with van der Waals surface area (Å²) >= 11 is 1.52. The van der Waals surface area contributed by atoms with Crippen molar-refractivity contribution in [2.75, 3.05) is 53.1 Å². The van der Waals surface area contributed by atoms with E-state index in [0.29, 0.717) is 58.8 Å². The van der Waals surface area contributed by atoms with Crippen LogP contribution in [0.3, 0.4) is 0 Å². The van der Waals surface area contributed by atoms with Gasteiger partial charge in [-0.1, -0.05) is 12.1 Å². The van der Waals surface area contributed by atoms with E-state index >= 15 is 0 Å². The van der Waals surface area contributed by atoms with Crippen molar-refractivity contribution in [1.29, 1.82) is 0 Å². The van der Waals surface area contributed by atoms with Crippen molar-refractivity contribution in [3.63, 3.8) is 0 Å². The average molecular weight is 501 g/mol. The highest BCUT2D eigenvalue weighted by molar-refractivity contribution is 7.11. The number of nitrogens with zero attached hydrogens (tertiary/aromatic N) is 4. The molecule has 0 aliphatic carbocycles. The minimum Gasteiger partial charge on any atom is -0.406 e. The third kappa shape index (κ3) is 6.36. The Hall–Kier alpha value is -2.44. The summed E-state index contributed by atoms with van der Waals surface area (Å²) in [6, 6.07) is 5.84. The molecule has 3 heterocycles. The van der Waals surface area contributed by atoms with Crippen LogP contribution in [0.4, 0.5) is 18.0 Å². The summed E-state index contributed by atoms with van der Waals surface area (Å²) in [5, 5.41) is 10.4. The van der Waals surface area contributed by atoms with Gasteiger partial charge in [-0.05, 0) is 24.1 Å². The standard InChI is InChI=1S/C22H27F3N4O4S/c1-31-9-6-19-26-27-20(34-19)17-12-16(15-2-4-18(5-3-15)33-22(23,24)25)13-29(14-17)21(30)28-7-10-32-11-8-28/h2-5,16-17H,6-14H2,1H3. The smallest absolute Gasteiger partial charge is 0.406 e. The van der Waals surface area contributed by atoms with E-state index in [1.807, 2.05) is 4.90 Å². The van der Waals surface area contributed by atoms with E-state index in [1.54, 1.807) is 24.1 Å². The van der Waals surface area contributed by atoms with Gasteiger partial charge in [-0.15, -0.1) is 34.7 Å². The Bertz CT molecular complexity index is 950. The summed E-state index contributed by atoms with van der Waals surface area (Å²) in [5.74, 6) is -0.351. The van der Waals surface area contributed by atoms with Crippen molar-refractivity contribution in [1.82, 2.24) is 20.0 Å². The van der Waals surface area contributed by atoms with Gasteiger partial charge in [-0.25, -0.2) is 4.79 Å². The molecule has 2 amide bonds. The number of halogens is 3.